The Morgan fingerprint density at radius 2 is 2.23 bits per heavy atom. The molecule has 0 bridgehead atoms. The van der Waals surface area contributed by atoms with E-state index in [-0.39, 0.29) is 6.04 Å². The maximum Gasteiger partial charge on any atom is 0.0900 e. The van der Waals surface area contributed by atoms with Gasteiger partial charge in [-0.1, -0.05) is 0 Å². The number of hydrogen-bond acceptors (Lipinski definition) is 4. The summed E-state index contributed by atoms with van der Waals surface area (Å²) in [6, 6.07) is 0.274. The van der Waals surface area contributed by atoms with Crippen molar-refractivity contribution in [2.24, 2.45) is 0 Å². The topological polar surface area (TPSA) is 34.1 Å². The lowest BCUT2D eigenvalue weighted by Crippen LogP contribution is -2.20. The molecule has 0 amide bonds. The summed E-state index contributed by atoms with van der Waals surface area (Å²) in [4.78, 5) is 5.66. The fourth-order valence-electron chi connectivity index (χ4n) is 1.33. The van der Waals surface area contributed by atoms with Gasteiger partial charge < -0.3 is 10.1 Å². The van der Waals surface area contributed by atoms with Crippen LogP contribution in [-0.2, 0) is 4.74 Å². The first-order valence-electron chi connectivity index (χ1n) is 4.29. The average Bonchev–Trinajstić information content (AvgIpc) is 2.41. The van der Waals surface area contributed by atoms with E-state index in [1.165, 1.54) is 4.88 Å². The lowest BCUT2D eigenvalue weighted by Gasteiger charge is -2.13. The molecule has 4 heteroatoms. The second-order valence-corrected chi connectivity index (χ2v) is 4.21. The molecule has 1 atom stereocenters. The van der Waals surface area contributed by atoms with E-state index in [0.717, 1.165) is 10.7 Å². The molecular weight excluding hydrogens is 184 g/mol. The molecule has 0 spiro atoms. The van der Waals surface area contributed by atoms with Crippen LogP contribution in [-0.4, -0.2) is 25.7 Å². The zero-order chi connectivity index (χ0) is 9.84. The number of nitrogens with one attached hydrogen (secondary N) is 1. The Balaban J connectivity index is 2.83. The van der Waals surface area contributed by atoms with Gasteiger partial charge in [0.25, 0.3) is 0 Å². The van der Waals surface area contributed by atoms with Crippen LogP contribution in [0, 0.1) is 13.8 Å². The molecule has 0 aliphatic heterocycles. The first-order valence-corrected chi connectivity index (χ1v) is 5.10. The standard InChI is InChI=1S/C9H16N2OS/c1-6-9(13-7(2)11-6)8(10-3)5-12-4/h8,10H,5H2,1-4H3. The summed E-state index contributed by atoms with van der Waals surface area (Å²) < 4.78 is 5.13. The van der Waals surface area contributed by atoms with Crippen LogP contribution in [0.25, 0.3) is 0 Å². The van der Waals surface area contributed by atoms with Crippen molar-refractivity contribution in [2.45, 2.75) is 19.9 Å². The zero-order valence-corrected chi connectivity index (χ0v) is 9.36. The maximum absolute atomic E-state index is 5.13. The Morgan fingerprint density at radius 1 is 1.54 bits per heavy atom. The van der Waals surface area contributed by atoms with Crippen molar-refractivity contribution in [1.82, 2.24) is 10.3 Å². The van der Waals surface area contributed by atoms with Gasteiger partial charge in [0.15, 0.2) is 0 Å². The normalized spacial score (nSPS) is 13.2. The Kier molecular flexibility index (Phi) is 3.84. The summed E-state index contributed by atoms with van der Waals surface area (Å²) in [5.41, 5.74) is 1.11. The SMILES string of the molecule is CNC(COC)c1sc(C)nc1C. The van der Waals surface area contributed by atoms with Crippen molar-refractivity contribution < 1.29 is 4.74 Å². The molecule has 74 valence electrons. The largest absolute Gasteiger partial charge is 0.383 e. The molecule has 0 saturated heterocycles. The number of methoxy groups -OCH3 is 1. The molecule has 0 aliphatic carbocycles. The van der Waals surface area contributed by atoms with Gasteiger partial charge in [-0.15, -0.1) is 11.3 Å². The number of aromatic nitrogens is 1. The molecule has 1 N–H and O–H groups in total. The third-order valence-electron chi connectivity index (χ3n) is 1.94. The molecule has 1 unspecified atom stereocenters. The van der Waals surface area contributed by atoms with Gasteiger partial charge in [-0.3, -0.25) is 0 Å². The lowest BCUT2D eigenvalue weighted by molar-refractivity contribution is 0.171. The van der Waals surface area contributed by atoms with Gasteiger partial charge in [-0.05, 0) is 20.9 Å². The number of rotatable bonds is 4. The van der Waals surface area contributed by atoms with Gasteiger partial charge in [-0.2, -0.15) is 0 Å². The summed E-state index contributed by atoms with van der Waals surface area (Å²) in [6.45, 7) is 4.76. The van der Waals surface area contributed by atoms with E-state index in [4.69, 9.17) is 4.74 Å². The van der Waals surface area contributed by atoms with Gasteiger partial charge in [0.05, 0.1) is 23.4 Å². The molecule has 0 aliphatic rings. The summed E-state index contributed by atoms with van der Waals surface area (Å²) in [5.74, 6) is 0. The van der Waals surface area contributed by atoms with Crippen LogP contribution < -0.4 is 5.32 Å². The van der Waals surface area contributed by atoms with Gasteiger partial charge in [0.2, 0.25) is 0 Å². The van der Waals surface area contributed by atoms with Crippen LogP contribution in [0.2, 0.25) is 0 Å². The number of thiazole rings is 1. The molecule has 0 radical (unpaired) electrons. The first-order chi connectivity index (χ1) is 6.19. The fraction of sp³-hybridized carbons (Fsp3) is 0.667. The van der Waals surface area contributed by atoms with Crippen LogP contribution in [0.15, 0.2) is 0 Å². The molecule has 0 saturated carbocycles. The van der Waals surface area contributed by atoms with Gasteiger partial charge in [-0.25, -0.2) is 4.98 Å². The third-order valence-corrected chi connectivity index (χ3v) is 3.12. The van der Waals surface area contributed by atoms with Crippen molar-refractivity contribution in [1.29, 1.82) is 0 Å². The molecule has 0 aromatic carbocycles. The number of hydrogen-bond donors (Lipinski definition) is 1. The second kappa shape index (κ2) is 4.69. The van der Waals surface area contributed by atoms with Gasteiger partial charge >= 0.3 is 0 Å². The lowest BCUT2D eigenvalue weighted by atomic mass is 10.2. The Bertz CT molecular complexity index is 273. The molecular formula is C9H16N2OS. The number of nitrogens with zero attached hydrogens (tertiary/aromatic N) is 1. The molecule has 1 aromatic rings. The van der Waals surface area contributed by atoms with Crippen LogP contribution in [0.4, 0.5) is 0 Å². The monoisotopic (exact) mass is 200 g/mol. The number of ether oxygens (including phenoxy) is 1. The van der Waals surface area contributed by atoms with E-state index in [2.05, 4.69) is 10.3 Å². The van der Waals surface area contributed by atoms with Crippen LogP contribution >= 0.6 is 11.3 Å². The number of aryl methyl sites for hydroxylation is 2. The highest BCUT2D eigenvalue weighted by Crippen LogP contribution is 2.24. The summed E-state index contributed by atoms with van der Waals surface area (Å²) >= 11 is 1.73. The molecule has 13 heavy (non-hydrogen) atoms. The van der Waals surface area contributed by atoms with Crippen LogP contribution in [0.1, 0.15) is 21.6 Å². The number of likely N-dealkylation sites (N-methyl/N-ethyl adjacent to an activating group) is 1. The Morgan fingerprint density at radius 3 is 2.62 bits per heavy atom. The summed E-state index contributed by atoms with van der Waals surface area (Å²) in [6.07, 6.45) is 0. The van der Waals surface area contributed by atoms with E-state index in [1.54, 1.807) is 18.4 Å². The predicted molar refractivity (Wildman–Crippen MR) is 55.3 cm³/mol. The third kappa shape index (κ3) is 2.49. The predicted octanol–water partition coefficient (Wildman–Crippen LogP) is 1.67. The molecule has 1 aromatic heterocycles. The molecule has 3 nitrogen and oxygen atoms in total. The molecule has 1 rings (SSSR count). The van der Waals surface area contributed by atoms with Crippen LogP contribution in [0.5, 0.6) is 0 Å². The van der Waals surface area contributed by atoms with Gasteiger partial charge in [0, 0.05) is 12.0 Å². The van der Waals surface area contributed by atoms with Crippen molar-refractivity contribution in [3.8, 4) is 0 Å². The zero-order valence-electron chi connectivity index (χ0n) is 8.55. The minimum atomic E-state index is 0.274. The quantitative estimate of drug-likeness (QED) is 0.802. The summed E-state index contributed by atoms with van der Waals surface area (Å²) in [5, 5.41) is 4.33. The van der Waals surface area contributed by atoms with Crippen molar-refractivity contribution >= 4 is 11.3 Å². The van der Waals surface area contributed by atoms with E-state index < -0.39 is 0 Å². The Hall–Kier alpha value is -0.450. The minimum absolute atomic E-state index is 0.274. The maximum atomic E-state index is 5.13. The smallest absolute Gasteiger partial charge is 0.0900 e. The van der Waals surface area contributed by atoms with Crippen molar-refractivity contribution in [3.05, 3.63) is 15.6 Å². The highest BCUT2D eigenvalue weighted by atomic mass is 32.1. The summed E-state index contributed by atoms with van der Waals surface area (Å²) in [7, 11) is 3.66. The van der Waals surface area contributed by atoms with E-state index in [1.807, 2.05) is 20.9 Å². The fourth-order valence-corrected chi connectivity index (χ4v) is 2.35. The van der Waals surface area contributed by atoms with Crippen LogP contribution in [0.3, 0.4) is 0 Å². The van der Waals surface area contributed by atoms with E-state index in [0.29, 0.717) is 6.61 Å². The minimum Gasteiger partial charge on any atom is -0.383 e. The van der Waals surface area contributed by atoms with Crippen molar-refractivity contribution in [3.63, 3.8) is 0 Å². The first kappa shape index (κ1) is 10.6. The molecule has 1 heterocycles. The average molecular weight is 200 g/mol. The van der Waals surface area contributed by atoms with E-state index in [9.17, 15) is 0 Å². The highest BCUT2D eigenvalue weighted by molar-refractivity contribution is 7.11. The second-order valence-electron chi connectivity index (χ2n) is 2.98. The highest BCUT2D eigenvalue weighted by Gasteiger charge is 2.14. The van der Waals surface area contributed by atoms with Gasteiger partial charge in [0.1, 0.15) is 0 Å². The van der Waals surface area contributed by atoms with E-state index >= 15 is 0 Å². The molecule has 0 fully saturated rings. The van der Waals surface area contributed by atoms with Crippen molar-refractivity contribution in [2.75, 3.05) is 20.8 Å². The Labute approximate surface area is 83.1 Å².